The Labute approximate surface area is 230 Å². The van der Waals surface area contributed by atoms with Gasteiger partial charge in [0, 0.05) is 29.6 Å². The third kappa shape index (κ3) is 5.54. The first-order chi connectivity index (χ1) is 19.1. The van der Waals surface area contributed by atoms with E-state index in [-0.39, 0.29) is 17.6 Å². The van der Waals surface area contributed by atoms with Gasteiger partial charge in [0.1, 0.15) is 5.82 Å². The highest BCUT2D eigenvalue weighted by atomic mass is 19.1. The molecular formula is C33H40FN3O2. The van der Waals surface area contributed by atoms with Crippen molar-refractivity contribution in [1.82, 2.24) is 15.1 Å². The molecule has 6 heteroatoms. The van der Waals surface area contributed by atoms with Crippen molar-refractivity contribution < 1.29 is 14.3 Å². The van der Waals surface area contributed by atoms with Gasteiger partial charge in [-0.05, 0) is 80.2 Å². The highest BCUT2D eigenvalue weighted by Crippen LogP contribution is 2.40. The number of aliphatic hydroxyl groups excluding tert-OH is 1. The summed E-state index contributed by atoms with van der Waals surface area (Å²) in [6.07, 6.45) is 12.1. The largest absolute Gasteiger partial charge is 0.392 e. The minimum absolute atomic E-state index is 0.0901. The summed E-state index contributed by atoms with van der Waals surface area (Å²) in [7, 11) is 0. The molecule has 0 aliphatic heterocycles. The molecule has 3 aliphatic carbocycles. The third-order valence-electron chi connectivity index (χ3n) is 9.33. The number of carbonyl (C=O) groups is 1. The van der Waals surface area contributed by atoms with Crippen molar-refractivity contribution in [2.45, 2.75) is 101 Å². The molecular weight excluding hydrogens is 489 g/mol. The van der Waals surface area contributed by atoms with Crippen molar-refractivity contribution >= 4 is 5.91 Å². The molecule has 3 atom stereocenters. The van der Waals surface area contributed by atoms with Gasteiger partial charge in [0.25, 0.3) is 5.91 Å². The number of aryl methyl sites for hydroxylation is 1. The van der Waals surface area contributed by atoms with Gasteiger partial charge in [0.2, 0.25) is 0 Å². The second-order valence-electron chi connectivity index (χ2n) is 11.8. The molecule has 5 nitrogen and oxygen atoms in total. The SMILES string of the molecule is O=C(NC[C@@H]1c2ccccc2C[C@@H]1O)c1nn(C2CCCCC2)c2c1CCCC[C@@H]2CCc1ccc(F)cc1. The van der Waals surface area contributed by atoms with Gasteiger partial charge in [-0.1, -0.05) is 62.1 Å². The van der Waals surface area contributed by atoms with Gasteiger partial charge in [0.05, 0.1) is 12.1 Å². The molecule has 1 saturated carbocycles. The number of fused-ring (bicyclic) bond motifs is 2. The predicted molar refractivity (Wildman–Crippen MR) is 151 cm³/mol. The molecule has 2 N–H and O–H groups in total. The quantitative estimate of drug-likeness (QED) is 0.348. The molecule has 0 saturated heterocycles. The summed E-state index contributed by atoms with van der Waals surface area (Å²) in [4.78, 5) is 13.7. The van der Waals surface area contributed by atoms with Crippen LogP contribution in [0.2, 0.25) is 0 Å². The molecule has 206 valence electrons. The van der Waals surface area contributed by atoms with Crippen LogP contribution in [0, 0.1) is 5.82 Å². The molecule has 0 spiro atoms. The molecule has 0 bridgehead atoms. The summed E-state index contributed by atoms with van der Waals surface area (Å²) in [5, 5.41) is 19.0. The zero-order valence-electron chi connectivity index (χ0n) is 22.7. The molecule has 1 amide bonds. The average molecular weight is 530 g/mol. The first-order valence-electron chi connectivity index (χ1n) is 15.0. The molecule has 1 heterocycles. The maximum absolute atomic E-state index is 13.7. The van der Waals surface area contributed by atoms with Crippen molar-refractivity contribution in [3.05, 3.63) is 88.0 Å². The van der Waals surface area contributed by atoms with E-state index >= 15 is 0 Å². The first-order valence-corrected chi connectivity index (χ1v) is 15.0. The van der Waals surface area contributed by atoms with E-state index in [1.54, 1.807) is 12.1 Å². The average Bonchev–Trinajstić information content (AvgIpc) is 3.42. The van der Waals surface area contributed by atoms with Crippen molar-refractivity contribution in [2.75, 3.05) is 6.54 Å². The maximum Gasteiger partial charge on any atom is 0.272 e. The van der Waals surface area contributed by atoms with E-state index in [1.807, 2.05) is 24.3 Å². The summed E-state index contributed by atoms with van der Waals surface area (Å²) in [5.74, 6) is -0.0635. The van der Waals surface area contributed by atoms with Crippen molar-refractivity contribution in [2.24, 2.45) is 0 Å². The number of amides is 1. The Kier molecular flexibility index (Phi) is 7.83. The Morgan fingerprint density at radius 3 is 2.59 bits per heavy atom. The number of hydrogen-bond acceptors (Lipinski definition) is 3. The third-order valence-corrected chi connectivity index (χ3v) is 9.33. The van der Waals surface area contributed by atoms with E-state index in [0.717, 1.165) is 68.1 Å². The van der Waals surface area contributed by atoms with Gasteiger partial charge in [-0.25, -0.2) is 4.39 Å². The highest BCUT2D eigenvalue weighted by Gasteiger charge is 2.34. The lowest BCUT2D eigenvalue weighted by atomic mass is 9.89. The second-order valence-corrected chi connectivity index (χ2v) is 11.8. The van der Waals surface area contributed by atoms with Crippen molar-refractivity contribution in [3.63, 3.8) is 0 Å². The Morgan fingerprint density at radius 1 is 1.00 bits per heavy atom. The normalized spacial score (nSPS) is 23.2. The molecule has 3 aromatic rings. The van der Waals surface area contributed by atoms with E-state index in [0.29, 0.717) is 30.6 Å². The highest BCUT2D eigenvalue weighted by molar-refractivity contribution is 5.94. The molecule has 1 fully saturated rings. The van der Waals surface area contributed by atoms with Crippen LogP contribution in [-0.2, 0) is 19.3 Å². The van der Waals surface area contributed by atoms with Crippen LogP contribution in [0.5, 0.6) is 0 Å². The topological polar surface area (TPSA) is 67.2 Å². The van der Waals surface area contributed by atoms with Gasteiger partial charge in [-0.15, -0.1) is 0 Å². The molecule has 0 radical (unpaired) electrons. The predicted octanol–water partition coefficient (Wildman–Crippen LogP) is 6.40. The summed E-state index contributed by atoms with van der Waals surface area (Å²) < 4.78 is 15.7. The number of aliphatic hydroxyl groups is 1. The standard InChI is InChI=1S/C33H40FN3O2/c34-25-18-15-22(16-19-25)14-17-23-8-4-7-13-28-31(36-37(32(23)28)26-10-2-1-3-11-26)33(39)35-21-29-27-12-6-5-9-24(27)20-30(29)38/h5-6,9,12,15-16,18-19,23,26,29-30,38H,1-4,7-8,10-11,13-14,17,20-21H2,(H,35,39)/t23-,29-,30+/m1/s1. The van der Waals surface area contributed by atoms with Crippen LogP contribution in [0.15, 0.2) is 48.5 Å². The molecule has 2 aromatic carbocycles. The summed E-state index contributed by atoms with van der Waals surface area (Å²) in [6.45, 7) is 0.413. The Bertz CT molecular complexity index is 1290. The van der Waals surface area contributed by atoms with E-state index in [9.17, 15) is 14.3 Å². The van der Waals surface area contributed by atoms with Gasteiger partial charge >= 0.3 is 0 Å². The molecule has 0 unspecified atom stereocenters. The number of nitrogens with zero attached hydrogens (tertiary/aromatic N) is 2. The van der Waals surface area contributed by atoms with Gasteiger partial charge in [-0.3, -0.25) is 9.48 Å². The fourth-order valence-corrected chi connectivity index (χ4v) is 7.24. The zero-order chi connectivity index (χ0) is 26.8. The minimum atomic E-state index is -0.476. The van der Waals surface area contributed by atoms with Crippen LogP contribution in [0.4, 0.5) is 4.39 Å². The maximum atomic E-state index is 13.7. The number of hydrogen-bond donors (Lipinski definition) is 2. The molecule has 6 rings (SSSR count). The number of benzene rings is 2. The van der Waals surface area contributed by atoms with Crippen LogP contribution < -0.4 is 5.32 Å². The van der Waals surface area contributed by atoms with Crippen molar-refractivity contribution in [3.8, 4) is 0 Å². The minimum Gasteiger partial charge on any atom is -0.392 e. The lowest BCUT2D eigenvalue weighted by Gasteiger charge is -2.27. The molecule has 39 heavy (non-hydrogen) atoms. The lowest BCUT2D eigenvalue weighted by molar-refractivity contribution is 0.0929. The smallest absolute Gasteiger partial charge is 0.272 e. The van der Waals surface area contributed by atoms with E-state index in [1.165, 1.54) is 30.5 Å². The second kappa shape index (κ2) is 11.6. The monoisotopic (exact) mass is 529 g/mol. The number of nitrogens with one attached hydrogen (secondary N) is 1. The fourth-order valence-electron chi connectivity index (χ4n) is 7.24. The summed E-state index contributed by atoms with van der Waals surface area (Å²) in [6, 6.07) is 15.4. The van der Waals surface area contributed by atoms with Crippen LogP contribution >= 0.6 is 0 Å². The van der Waals surface area contributed by atoms with E-state index in [4.69, 9.17) is 5.10 Å². The Morgan fingerprint density at radius 2 is 1.77 bits per heavy atom. The Balaban J connectivity index is 1.27. The zero-order valence-corrected chi connectivity index (χ0v) is 22.7. The van der Waals surface area contributed by atoms with Crippen LogP contribution in [0.25, 0.3) is 0 Å². The van der Waals surface area contributed by atoms with Gasteiger partial charge in [-0.2, -0.15) is 5.10 Å². The van der Waals surface area contributed by atoms with Crippen LogP contribution in [0.3, 0.4) is 0 Å². The van der Waals surface area contributed by atoms with Crippen LogP contribution in [0.1, 0.15) is 114 Å². The van der Waals surface area contributed by atoms with E-state index in [2.05, 4.69) is 22.1 Å². The van der Waals surface area contributed by atoms with Gasteiger partial charge < -0.3 is 10.4 Å². The number of rotatable bonds is 7. The Hall–Kier alpha value is -2.99. The fraction of sp³-hybridized carbons (Fsp3) is 0.515. The number of carbonyl (C=O) groups excluding carboxylic acids is 1. The number of halogens is 1. The molecule has 1 aromatic heterocycles. The van der Waals surface area contributed by atoms with Crippen molar-refractivity contribution in [1.29, 1.82) is 0 Å². The summed E-state index contributed by atoms with van der Waals surface area (Å²) >= 11 is 0. The van der Waals surface area contributed by atoms with E-state index < -0.39 is 6.10 Å². The van der Waals surface area contributed by atoms with Gasteiger partial charge in [0.15, 0.2) is 5.69 Å². The van der Waals surface area contributed by atoms with Crippen LogP contribution in [-0.4, -0.2) is 33.4 Å². The molecule has 3 aliphatic rings. The first kappa shape index (κ1) is 26.2. The lowest BCUT2D eigenvalue weighted by Crippen LogP contribution is -2.32. The summed E-state index contributed by atoms with van der Waals surface area (Å²) in [5.41, 5.74) is 6.45. The number of aromatic nitrogens is 2.